The smallest absolute Gasteiger partial charge is 0.165 e. The first-order valence-corrected chi connectivity index (χ1v) is 9.06. The summed E-state index contributed by atoms with van der Waals surface area (Å²) in [4.78, 5) is 4.80. The molecule has 2 fully saturated rings. The summed E-state index contributed by atoms with van der Waals surface area (Å²) in [6, 6.07) is 8.23. The normalized spacial score (nSPS) is 18.5. The van der Waals surface area contributed by atoms with Crippen LogP contribution in [0.3, 0.4) is 0 Å². The SMILES string of the molecule is COc1ccccc1OCc1nc(C2CC2)nn1C1CCCCC1. The lowest BCUT2D eigenvalue weighted by molar-refractivity contribution is 0.251. The Kier molecular flexibility index (Phi) is 4.41. The van der Waals surface area contributed by atoms with Gasteiger partial charge in [-0.2, -0.15) is 5.10 Å². The largest absolute Gasteiger partial charge is 0.493 e. The molecule has 1 aromatic carbocycles. The maximum atomic E-state index is 6.01. The van der Waals surface area contributed by atoms with Crippen molar-refractivity contribution in [3.8, 4) is 11.5 Å². The summed E-state index contributed by atoms with van der Waals surface area (Å²) in [5.74, 6) is 4.04. The highest BCUT2D eigenvalue weighted by molar-refractivity contribution is 5.39. The van der Waals surface area contributed by atoms with Gasteiger partial charge in [-0.15, -0.1) is 0 Å². The maximum absolute atomic E-state index is 6.01. The van der Waals surface area contributed by atoms with E-state index in [4.69, 9.17) is 19.6 Å². The lowest BCUT2D eigenvalue weighted by atomic mass is 9.96. The molecule has 2 saturated carbocycles. The molecule has 1 heterocycles. The van der Waals surface area contributed by atoms with Crippen molar-refractivity contribution in [2.75, 3.05) is 7.11 Å². The van der Waals surface area contributed by atoms with Gasteiger partial charge in [0, 0.05) is 5.92 Å². The van der Waals surface area contributed by atoms with Gasteiger partial charge in [-0.05, 0) is 37.8 Å². The lowest BCUT2D eigenvalue weighted by Crippen LogP contribution is -2.18. The van der Waals surface area contributed by atoms with Crippen molar-refractivity contribution in [2.45, 2.75) is 63.5 Å². The summed E-state index contributed by atoms with van der Waals surface area (Å²) in [5.41, 5.74) is 0. The van der Waals surface area contributed by atoms with Crippen LogP contribution in [0.2, 0.25) is 0 Å². The van der Waals surface area contributed by atoms with Gasteiger partial charge in [0.2, 0.25) is 0 Å². The van der Waals surface area contributed by atoms with Crippen LogP contribution < -0.4 is 9.47 Å². The van der Waals surface area contributed by atoms with Crippen LogP contribution in [0.1, 0.15) is 68.6 Å². The van der Waals surface area contributed by atoms with Crippen LogP contribution >= 0.6 is 0 Å². The van der Waals surface area contributed by atoms with E-state index in [0.29, 0.717) is 18.6 Å². The lowest BCUT2D eigenvalue weighted by Gasteiger charge is -2.23. The fourth-order valence-corrected chi connectivity index (χ4v) is 3.49. The van der Waals surface area contributed by atoms with E-state index >= 15 is 0 Å². The Morgan fingerprint density at radius 1 is 1.04 bits per heavy atom. The number of nitrogens with zero attached hydrogens (tertiary/aromatic N) is 3. The van der Waals surface area contributed by atoms with E-state index in [1.165, 1.54) is 44.9 Å². The number of hydrogen-bond acceptors (Lipinski definition) is 4. The molecular formula is C19H25N3O2. The van der Waals surface area contributed by atoms with E-state index in [-0.39, 0.29) is 0 Å². The Hall–Kier alpha value is -2.04. The molecule has 0 amide bonds. The Labute approximate surface area is 143 Å². The molecule has 0 N–H and O–H groups in total. The molecular weight excluding hydrogens is 302 g/mol. The molecule has 0 saturated heterocycles. The van der Waals surface area contributed by atoms with Gasteiger partial charge in [0.1, 0.15) is 6.61 Å². The molecule has 0 spiro atoms. The van der Waals surface area contributed by atoms with Crippen molar-refractivity contribution < 1.29 is 9.47 Å². The number of benzene rings is 1. The highest BCUT2D eigenvalue weighted by atomic mass is 16.5. The molecule has 0 aliphatic heterocycles. The predicted octanol–water partition coefficient (Wildman–Crippen LogP) is 4.25. The summed E-state index contributed by atoms with van der Waals surface area (Å²) < 4.78 is 13.5. The van der Waals surface area contributed by atoms with E-state index < -0.39 is 0 Å². The van der Waals surface area contributed by atoms with Gasteiger partial charge in [-0.3, -0.25) is 0 Å². The number of para-hydroxylation sites is 2. The Balaban J connectivity index is 1.54. The van der Waals surface area contributed by atoms with E-state index in [1.54, 1.807) is 7.11 Å². The first-order chi connectivity index (χ1) is 11.8. The third-order valence-corrected chi connectivity index (χ3v) is 5.01. The predicted molar refractivity (Wildman–Crippen MR) is 91.4 cm³/mol. The van der Waals surface area contributed by atoms with Crippen LogP contribution in [0.25, 0.3) is 0 Å². The zero-order valence-electron chi connectivity index (χ0n) is 14.3. The van der Waals surface area contributed by atoms with Crippen LogP contribution in [0.15, 0.2) is 24.3 Å². The first kappa shape index (κ1) is 15.5. The van der Waals surface area contributed by atoms with Crippen molar-refractivity contribution >= 4 is 0 Å². The summed E-state index contributed by atoms with van der Waals surface area (Å²) in [6.45, 7) is 0.441. The summed E-state index contributed by atoms with van der Waals surface area (Å²) in [5, 5.41) is 4.85. The van der Waals surface area contributed by atoms with E-state index in [9.17, 15) is 0 Å². The number of rotatable bonds is 6. The Bertz CT molecular complexity index is 688. The van der Waals surface area contributed by atoms with Crippen LogP contribution in [-0.4, -0.2) is 21.9 Å². The fraction of sp³-hybridized carbons (Fsp3) is 0.579. The van der Waals surface area contributed by atoms with Gasteiger partial charge in [0.05, 0.1) is 13.2 Å². The minimum absolute atomic E-state index is 0.441. The zero-order chi connectivity index (χ0) is 16.4. The Morgan fingerprint density at radius 3 is 2.50 bits per heavy atom. The molecule has 1 aromatic heterocycles. The van der Waals surface area contributed by atoms with E-state index in [1.807, 2.05) is 24.3 Å². The molecule has 0 unspecified atom stereocenters. The first-order valence-electron chi connectivity index (χ1n) is 9.06. The van der Waals surface area contributed by atoms with Crippen molar-refractivity contribution in [3.63, 3.8) is 0 Å². The number of aromatic nitrogens is 3. The molecule has 24 heavy (non-hydrogen) atoms. The number of hydrogen-bond donors (Lipinski definition) is 0. The minimum atomic E-state index is 0.441. The summed E-state index contributed by atoms with van der Waals surface area (Å²) in [7, 11) is 1.66. The molecule has 0 radical (unpaired) electrons. The molecule has 128 valence electrons. The molecule has 2 aliphatic rings. The van der Waals surface area contributed by atoms with Crippen LogP contribution in [0.4, 0.5) is 0 Å². The third kappa shape index (κ3) is 3.25. The highest BCUT2D eigenvalue weighted by Gasteiger charge is 2.30. The third-order valence-electron chi connectivity index (χ3n) is 5.01. The van der Waals surface area contributed by atoms with Crippen molar-refractivity contribution in [3.05, 3.63) is 35.9 Å². The van der Waals surface area contributed by atoms with Crippen LogP contribution in [-0.2, 0) is 6.61 Å². The highest BCUT2D eigenvalue weighted by Crippen LogP contribution is 2.39. The van der Waals surface area contributed by atoms with Gasteiger partial charge in [0.15, 0.2) is 23.1 Å². The number of ether oxygens (including phenoxy) is 2. The van der Waals surface area contributed by atoms with E-state index in [2.05, 4.69) is 4.68 Å². The minimum Gasteiger partial charge on any atom is -0.493 e. The summed E-state index contributed by atoms with van der Waals surface area (Å²) >= 11 is 0. The monoisotopic (exact) mass is 327 g/mol. The average Bonchev–Trinajstić information content (AvgIpc) is 3.41. The van der Waals surface area contributed by atoms with E-state index in [0.717, 1.165) is 23.1 Å². The van der Waals surface area contributed by atoms with Gasteiger partial charge in [0.25, 0.3) is 0 Å². The van der Waals surface area contributed by atoms with Gasteiger partial charge < -0.3 is 9.47 Å². The molecule has 4 rings (SSSR count). The second-order valence-corrected chi connectivity index (χ2v) is 6.84. The zero-order valence-corrected chi connectivity index (χ0v) is 14.3. The molecule has 0 bridgehead atoms. The van der Waals surface area contributed by atoms with Gasteiger partial charge >= 0.3 is 0 Å². The number of methoxy groups -OCH3 is 1. The van der Waals surface area contributed by atoms with Gasteiger partial charge in [-0.25, -0.2) is 9.67 Å². The van der Waals surface area contributed by atoms with Crippen molar-refractivity contribution in [1.29, 1.82) is 0 Å². The molecule has 2 aliphatic carbocycles. The molecule has 0 atom stereocenters. The fourth-order valence-electron chi connectivity index (χ4n) is 3.49. The Morgan fingerprint density at radius 2 is 1.79 bits per heavy atom. The topological polar surface area (TPSA) is 49.2 Å². The van der Waals surface area contributed by atoms with Crippen molar-refractivity contribution in [1.82, 2.24) is 14.8 Å². The maximum Gasteiger partial charge on any atom is 0.165 e. The average molecular weight is 327 g/mol. The van der Waals surface area contributed by atoms with Crippen LogP contribution in [0, 0.1) is 0 Å². The molecule has 5 nitrogen and oxygen atoms in total. The second kappa shape index (κ2) is 6.83. The quantitative estimate of drug-likeness (QED) is 0.796. The molecule has 5 heteroatoms. The van der Waals surface area contributed by atoms with Crippen molar-refractivity contribution in [2.24, 2.45) is 0 Å². The standard InChI is InChI=1S/C19H25N3O2/c1-23-16-9-5-6-10-17(16)24-13-18-20-19(14-11-12-14)21-22(18)15-7-3-2-4-8-15/h5-6,9-10,14-15H,2-4,7-8,11-13H2,1H3. The second-order valence-electron chi connectivity index (χ2n) is 6.84. The summed E-state index contributed by atoms with van der Waals surface area (Å²) in [6.07, 6.45) is 8.77. The van der Waals surface area contributed by atoms with Gasteiger partial charge in [-0.1, -0.05) is 31.4 Å². The van der Waals surface area contributed by atoms with Crippen LogP contribution in [0.5, 0.6) is 11.5 Å². The molecule has 2 aromatic rings.